The number of hydrogen-bond donors (Lipinski definition) is 1. The Labute approximate surface area is 93.5 Å². The van der Waals surface area contributed by atoms with Crippen LogP contribution in [0.15, 0.2) is 0 Å². The van der Waals surface area contributed by atoms with Crippen molar-refractivity contribution in [2.24, 2.45) is 0 Å². The summed E-state index contributed by atoms with van der Waals surface area (Å²) in [5.41, 5.74) is 0. The molecule has 15 heavy (non-hydrogen) atoms. The van der Waals surface area contributed by atoms with Crippen LogP contribution in [-0.2, 0) is 0 Å². The summed E-state index contributed by atoms with van der Waals surface area (Å²) in [7, 11) is 0. The van der Waals surface area contributed by atoms with E-state index in [4.69, 9.17) is 5.26 Å². The van der Waals surface area contributed by atoms with Gasteiger partial charge in [0.05, 0.1) is 12.5 Å². The zero-order valence-corrected chi connectivity index (χ0v) is 10.2. The normalized spacial score (nSPS) is 23.3. The zero-order valence-electron chi connectivity index (χ0n) is 10.2. The largest absolute Gasteiger partial charge is 0.313 e. The molecule has 0 aromatic heterocycles. The van der Waals surface area contributed by atoms with Gasteiger partial charge in [0.2, 0.25) is 0 Å². The molecule has 0 aromatic carbocycles. The van der Waals surface area contributed by atoms with Gasteiger partial charge in [-0.05, 0) is 40.2 Å². The van der Waals surface area contributed by atoms with Gasteiger partial charge >= 0.3 is 0 Å². The topological polar surface area (TPSA) is 39.1 Å². The number of nitrogens with one attached hydrogen (secondary N) is 1. The first-order chi connectivity index (χ1) is 7.15. The van der Waals surface area contributed by atoms with Crippen molar-refractivity contribution in [3.8, 4) is 6.07 Å². The Hall–Kier alpha value is -0.590. The number of nitrogens with zero attached hydrogens (tertiary/aromatic N) is 2. The van der Waals surface area contributed by atoms with Crippen LogP contribution in [0.4, 0.5) is 0 Å². The van der Waals surface area contributed by atoms with E-state index in [0.717, 1.165) is 13.1 Å². The minimum Gasteiger partial charge on any atom is -0.313 e. The molecule has 1 aliphatic heterocycles. The molecule has 3 nitrogen and oxygen atoms in total. The Morgan fingerprint density at radius 2 is 2.20 bits per heavy atom. The van der Waals surface area contributed by atoms with Gasteiger partial charge in [-0.15, -0.1) is 0 Å². The van der Waals surface area contributed by atoms with E-state index in [-0.39, 0.29) is 0 Å². The third-order valence-electron chi connectivity index (χ3n) is 3.21. The predicted octanol–water partition coefficient (Wildman–Crippen LogP) is 1.75. The van der Waals surface area contributed by atoms with Crippen molar-refractivity contribution in [3.05, 3.63) is 0 Å². The molecule has 0 bridgehead atoms. The Kier molecular flexibility index (Phi) is 5.07. The molecular formula is C12H23N3. The summed E-state index contributed by atoms with van der Waals surface area (Å²) in [6, 6.07) is 3.79. The van der Waals surface area contributed by atoms with E-state index in [0.29, 0.717) is 24.5 Å². The van der Waals surface area contributed by atoms with Crippen molar-refractivity contribution in [2.45, 2.75) is 58.2 Å². The minimum absolute atomic E-state index is 0.373. The predicted molar refractivity (Wildman–Crippen MR) is 62.6 cm³/mol. The van der Waals surface area contributed by atoms with E-state index < -0.39 is 0 Å². The molecule has 0 aliphatic carbocycles. The van der Waals surface area contributed by atoms with Gasteiger partial charge in [-0.2, -0.15) is 5.26 Å². The fraction of sp³-hybridized carbons (Fsp3) is 0.917. The molecule has 1 rings (SSSR count). The fourth-order valence-corrected chi connectivity index (χ4v) is 2.32. The zero-order chi connectivity index (χ0) is 11.3. The molecule has 1 saturated heterocycles. The molecule has 86 valence electrons. The molecule has 0 aromatic rings. The third-order valence-corrected chi connectivity index (χ3v) is 3.21. The first-order valence-electron chi connectivity index (χ1n) is 6.01. The van der Waals surface area contributed by atoms with Crippen molar-refractivity contribution in [1.82, 2.24) is 10.2 Å². The van der Waals surface area contributed by atoms with Crippen LogP contribution < -0.4 is 5.32 Å². The van der Waals surface area contributed by atoms with E-state index in [1.165, 1.54) is 12.8 Å². The summed E-state index contributed by atoms with van der Waals surface area (Å²) in [5, 5.41) is 12.3. The average molecular weight is 209 g/mol. The fourth-order valence-electron chi connectivity index (χ4n) is 2.32. The van der Waals surface area contributed by atoms with Gasteiger partial charge in [0, 0.05) is 24.7 Å². The molecule has 1 aliphatic rings. The van der Waals surface area contributed by atoms with Crippen LogP contribution in [0.1, 0.15) is 40.0 Å². The Balaban J connectivity index is 2.46. The van der Waals surface area contributed by atoms with E-state index in [1.807, 2.05) is 0 Å². The van der Waals surface area contributed by atoms with Crippen LogP contribution in [0.3, 0.4) is 0 Å². The highest BCUT2D eigenvalue weighted by molar-refractivity contribution is 4.85. The Morgan fingerprint density at radius 3 is 2.67 bits per heavy atom. The van der Waals surface area contributed by atoms with E-state index in [1.54, 1.807) is 0 Å². The van der Waals surface area contributed by atoms with Gasteiger partial charge in [0.15, 0.2) is 0 Å². The lowest BCUT2D eigenvalue weighted by Crippen LogP contribution is -2.45. The van der Waals surface area contributed by atoms with Crippen LogP contribution in [-0.4, -0.2) is 36.1 Å². The van der Waals surface area contributed by atoms with Crippen molar-refractivity contribution < 1.29 is 0 Å². The van der Waals surface area contributed by atoms with Crippen LogP contribution in [0.2, 0.25) is 0 Å². The first-order valence-corrected chi connectivity index (χ1v) is 6.01. The summed E-state index contributed by atoms with van der Waals surface area (Å²) in [6.07, 6.45) is 3.20. The number of nitriles is 1. The third kappa shape index (κ3) is 3.81. The molecule has 1 heterocycles. The summed E-state index contributed by atoms with van der Waals surface area (Å²) in [4.78, 5) is 2.44. The van der Waals surface area contributed by atoms with Gasteiger partial charge in [-0.1, -0.05) is 0 Å². The van der Waals surface area contributed by atoms with E-state index in [2.05, 4.69) is 37.1 Å². The van der Waals surface area contributed by atoms with Gasteiger partial charge in [0.25, 0.3) is 0 Å². The molecule has 2 unspecified atom stereocenters. The molecule has 1 fully saturated rings. The molecular weight excluding hydrogens is 186 g/mol. The lowest BCUT2D eigenvalue weighted by atomic mass is 10.1. The Bertz CT molecular complexity index is 213. The maximum absolute atomic E-state index is 8.74. The summed E-state index contributed by atoms with van der Waals surface area (Å²) in [5.74, 6) is 0. The minimum atomic E-state index is 0.373. The SMILES string of the molecule is CC(C)N(CC1CCCN1)C(C)CC#N. The maximum Gasteiger partial charge on any atom is 0.0638 e. The Morgan fingerprint density at radius 1 is 1.47 bits per heavy atom. The van der Waals surface area contributed by atoms with Crippen molar-refractivity contribution >= 4 is 0 Å². The van der Waals surface area contributed by atoms with Crippen molar-refractivity contribution in [2.75, 3.05) is 13.1 Å². The molecule has 3 heteroatoms. The second-order valence-electron chi connectivity index (χ2n) is 4.80. The van der Waals surface area contributed by atoms with E-state index >= 15 is 0 Å². The maximum atomic E-state index is 8.74. The average Bonchev–Trinajstić information content (AvgIpc) is 2.66. The lowest BCUT2D eigenvalue weighted by molar-refractivity contribution is 0.151. The van der Waals surface area contributed by atoms with Gasteiger partial charge in [-0.3, -0.25) is 4.90 Å². The summed E-state index contributed by atoms with van der Waals surface area (Å²) < 4.78 is 0. The lowest BCUT2D eigenvalue weighted by Gasteiger charge is -2.33. The highest BCUT2D eigenvalue weighted by Crippen LogP contribution is 2.13. The first kappa shape index (κ1) is 12.5. The van der Waals surface area contributed by atoms with Gasteiger partial charge < -0.3 is 5.32 Å². The number of rotatable bonds is 5. The van der Waals surface area contributed by atoms with Crippen LogP contribution in [0.25, 0.3) is 0 Å². The molecule has 0 radical (unpaired) electrons. The molecule has 0 saturated carbocycles. The van der Waals surface area contributed by atoms with Crippen LogP contribution in [0.5, 0.6) is 0 Å². The molecule has 0 spiro atoms. The van der Waals surface area contributed by atoms with Crippen molar-refractivity contribution in [3.63, 3.8) is 0 Å². The highest BCUT2D eigenvalue weighted by atomic mass is 15.2. The second-order valence-corrected chi connectivity index (χ2v) is 4.80. The molecule has 0 amide bonds. The summed E-state index contributed by atoms with van der Waals surface area (Å²) in [6.45, 7) is 8.81. The summed E-state index contributed by atoms with van der Waals surface area (Å²) >= 11 is 0. The number of hydrogen-bond acceptors (Lipinski definition) is 3. The van der Waals surface area contributed by atoms with Gasteiger partial charge in [-0.25, -0.2) is 0 Å². The smallest absolute Gasteiger partial charge is 0.0638 e. The molecule has 1 N–H and O–H groups in total. The second kappa shape index (κ2) is 6.09. The monoisotopic (exact) mass is 209 g/mol. The van der Waals surface area contributed by atoms with Crippen LogP contribution >= 0.6 is 0 Å². The molecule has 2 atom stereocenters. The quantitative estimate of drug-likeness (QED) is 0.750. The van der Waals surface area contributed by atoms with Gasteiger partial charge in [0.1, 0.15) is 0 Å². The van der Waals surface area contributed by atoms with E-state index in [9.17, 15) is 0 Å². The van der Waals surface area contributed by atoms with Crippen molar-refractivity contribution in [1.29, 1.82) is 5.26 Å². The highest BCUT2D eigenvalue weighted by Gasteiger charge is 2.22. The van der Waals surface area contributed by atoms with Crippen LogP contribution in [0, 0.1) is 11.3 Å². The standard InChI is InChI=1S/C12H23N3/c1-10(2)15(11(3)6-7-13)9-12-5-4-8-14-12/h10-12,14H,4-6,8-9H2,1-3H3.